The Hall–Kier alpha value is -3.38. The number of carbonyl (C=O) groups excluding carboxylic acids is 2. The number of amides is 3. The highest BCUT2D eigenvalue weighted by atomic mass is 35.5. The molecule has 1 saturated heterocycles. The molecule has 1 fully saturated rings. The largest absolute Gasteiger partial charge is 0.324 e. The fourth-order valence-corrected chi connectivity index (χ4v) is 4.06. The van der Waals surface area contributed by atoms with Gasteiger partial charge in [0, 0.05) is 24.7 Å². The monoisotopic (exact) mass is 465 g/mol. The van der Waals surface area contributed by atoms with Gasteiger partial charge in [-0.15, -0.1) is 0 Å². The maximum atomic E-state index is 13.3. The van der Waals surface area contributed by atoms with Gasteiger partial charge in [-0.2, -0.15) is 0 Å². The summed E-state index contributed by atoms with van der Waals surface area (Å²) < 4.78 is 13.1. The number of hydrogen-bond acceptors (Lipinski definition) is 2. The number of carbonyl (C=O) groups is 2. The fourth-order valence-electron chi connectivity index (χ4n) is 3.93. The van der Waals surface area contributed by atoms with Gasteiger partial charge in [-0.1, -0.05) is 41.9 Å². The standard InChI is InChI=1S/C26H25ClFN3O2/c1-18-3-12-24(23(15-18)29-25(32)16-19-6-10-22(28)11-7-19)31-14-2-13-30(26(31)33)17-20-4-8-21(27)9-5-20/h3-12,15H,2,13-14,16-17H2,1H3,(H,29,32). The van der Waals surface area contributed by atoms with Crippen LogP contribution in [0, 0.1) is 12.7 Å². The Kier molecular flexibility index (Phi) is 6.94. The molecule has 0 aromatic heterocycles. The highest BCUT2D eigenvalue weighted by molar-refractivity contribution is 6.30. The van der Waals surface area contributed by atoms with Gasteiger partial charge in [0.25, 0.3) is 0 Å². The summed E-state index contributed by atoms with van der Waals surface area (Å²) in [4.78, 5) is 29.5. The van der Waals surface area contributed by atoms with Gasteiger partial charge < -0.3 is 10.2 Å². The number of anilines is 2. The first-order chi connectivity index (χ1) is 15.9. The number of halogens is 2. The molecule has 3 aromatic carbocycles. The molecule has 5 nitrogen and oxygen atoms in total. The minimum atomic E-state index is -0.341. The van der Waals surface area contributed by atoms with E-state index in [0.29, 0.717) is 41.6 Å². The lowest BCUT2D eigenvalue weighted by Crippen LogP contribution is -2.49. The van der Waals surface area contributed by atoms with E-state index in [1.54, 1.807) is 21.9 Å². The summed E-state index contributed by atoms with van der Waals surface area (Å²) in [5, 5.41) is 3.60. The number of rotatable bonds is 6. The molecule has 3 aromatic rings. The van der Waals surface area contributed by atoms with E-state index in [1.165, 1.54) is 12.1 Å². The highest BCUT2D eigenvalue weighted by Crippen LogP contribution is 2.30. The van der Waals surface area contributed by atoms with Crippen molar-refractivity contribution in [1.82, 2.24) is 4.90 Å². The van der Waals surface area contributed by atoms with E-state index >= 15 is 0 Å². The Labute approximate surface area is 197 Å². The van der Waals surface area contributed by atoms with Crippen molar-refractivity contribution in [2.24, 2.45) is 0 Å². The molecule has 0 aliphatic carbocycles. The van der Waals surface area contributed by atoms with Gasteiger partial charge in [0.05, 0.1) is 17.8 Å². The minimum absolute atomic E-state index is 0.103. The third-order valence-electron chi connectivity index (χ3n) is 5.59. The summed E-state index contributed by atoms with van der Waals surface area (Å²) in [5.41, 5.74) is 3.94. The normalized spacial score (nSPS) is 13.8. The van der Waals surface area contributed by atoms with E-state index in [9.17, 15) is 14.0 Å². The molecular weight excluding hydrogens is 441 g/mol. The van der Waals surface area contributed by atoms with Crippen molar-refractivity contribution in [2.45, 2.75) is 26.3 Å². The molecule has 170 valence electrons. The first kappa shape index (κ1) is 22.8. The van der Waals surface area contributed by atoms with Crippen LogP contribution in [-0.4, -0.2) is 29.9 Å². The van der Waals surface area contributed by atoms with Crippen LogP contribution < -0.4 is 10.2 Å². The van der Waals surface area contributed by atoms with Gasteiger partial charge in [-0.25, -0.2) is 9.18 Å². The number of hydrogen-bond donors (Lipinski definition) is 1. The number of nitrogens with zero attached hydrogens (tertiary/aromatic N) is 2. The summed E-state index contributed by atoms with van der Waals surface area (Å²) in [5.74, 6) is -0.567. The van der Waals surface area contributed by atoms with E-state index in [1.807, 2.05) is 49.4 Å². The van der Waals surface area contributed by atoms with Crippen LogP contribution in [0.3, 0.4) is 0 Å². The van der Waals surface area contributed by atoms with Crippen LogP contribution in [-0.2, 0) is 17.8 Å². The SMILES string of the molecule is Cc1ccc(N2CCCN(Cc3ccc(Cl)cc3)C2=O)c(NC(=O)Cc2ccc(F)cc2)c1. The highest BCUT2D eigenvalue weighted by Gasteiger charge is 2.28. The number of urea groups is 1. The maximum Gasteiger partial charge on any atom is 0.324 e. The van der Waals surface area contributed by atoms with E-state index in [0.717, 1.165) is 17.5 Å². The second-order valence-electron chi connectivity index (χ2n) is 8.21. The molecule has 33 heavy (non-hydrogen) atoms. The molecule has 0 saturated carbocycles. The molecule has 0 atom stereocenters. The molecule has 0 bridgehead atoms. The van der Waals surface area contributed by atoms with Gasteiger partial charge in [0.1, 0.15) is 5.82 Å². The fraction of sp³-hybridized carbons (Fsp3) is 0.231. The van der Waals surface area contributed by atoms with E-state index in [4.69, 9.17) is 11.6 Å². The van der Waals surface area contributed by atoms with Crippen LogP contribution in [0.15, 0.2) is 66.7 Å². The van der Waals surface area contributed by atoms with Crippen molar-refractivity contribution in [3.8, 4) is 0 Å². The molecule has 1 N–H and O–H groups in total. The Morgan fingerprint density at radius 3 is 2.42 bits per heavy atom. The maximum absolute atomic E-state index is 13.3. The topological polar surface area (TPSA) is 52.6 Å². The Balaban J connectivity index is 1.51. The summed E-state index contributed by atoms with van der Waals surface area (Å²) in [6.45, 7) is 3.66. The Morgan fingerprint density at radius 2 is 1.70 bits per heavy atom. The first-order valence-electron chi connectivity index (χ1n) is 10.8. The molecule has 1 aliphatic heterocycles. The molecule has 3 amide bonds. The van der Waals surface area contributed by atoms with Crippen molar-refractivity contribution >= 4 is 34.9 Å². The Morgan fingerprint density at radius 1 is 1.00 bits per heavy atom. The lowest BCUT2D eigenvalue weighted by atomic mass is 10.1. The van der Waals surface area contributed by atoms with Crippen molar-refractivity contribution in [3.05, 3.63) is 94.3 Å². The van der Waals surface area contributed by atoms with Crippen molar-refractivity contribution in [2.75, 3.05) is 23.3 Å². The number of nitrogens with one attached hydrogen (secondary N) is 1. The van der Waals surface area contributed by atoms with E-state index in [-0.39, 0.29) is 24.2 Å². The minimum Gasteiger partial charge on any atom is -0.324 e. The van der Waals surface area contributed by atoms with Crippen molar-refractivity contribution in [1.29, 1.82) is 0 Å². The summed E-state index contributed by atoms with van der Waals surface area (Å²) in [7, 11) is 0. The Bertz CT molecular complexity index is 1150. The lowest BCUT2D eigenvalue weighted by molar-refractivity contribution is -0.115. The first-order valence-corrected chi connectivity index (χ1v) is 11.2. The van der Waals surface area contributed by atoms with Crippen LogP contribution in [0.2, 0.25) is 5.02 Å². The van der Waals surface area contributed by atoms with Gasteiger partial charge in [0.2, 0.25) is 5.91 Å². The molecule has 0 unspecified atom stereocenters. The van der Waals surface area contributed by atoms with Gasteiger partial charge >= 0.3 is 6.03 Å². The second-order valence-corrected chi connectivity index (χ2v) is 8.64. The molecular formula is C26H25ClFN3O2. The zero-order chi connectivity index (χ0) is 23.4. The predicted molar refractivity (Wildman–Crippen MR) is 129 cm³/mol. The second kappa shape index (κ2) is 10.0. The molecule has 0 spiro atoms. The number of benzene rings is 3. The van der Waals surface area contributed by atoms with Crippen LogP contribution in [0.1, 0.15) is 23.1 Å². The summed E-state index contributed by atoms with van der Waals surface area (Å²) >= 11 is 5.98. The average molecular weight is 466 g/mol. The van der Waals surface area contributed by atoms with Crippen LogP contribution >= 0.6 is 11.6 Å². The molecule has 7 heteroatoms. The van der Waals surface area contributed by atoms with Crippen molar-refractivity contribution in [3.63, 3.8) is 0 Å². The molecule has 0 radical (unpaired) electrons. The van der Waals surface area contributed by atoms with Crippen LogP contribution in [0.25, 0.3) is 0 Å². The third kappa shape index (κ3) is 5.71. The zero-order valence-corrected chi connectivity index (χ0v) is 19.1. The van der Waals surface area contributed by atoms with E-state index in [2.05, 4.69) is 5.32 Å². The van der Waals surface area contributed by atoms with Crippen molar-refractivity contribution < 1.29 is 14.0 Å². The summed E-state index contributed by atoms with van der Waals surface area (Å²) in [6, 6.07) is 18.9. The quantitative estimate of drug-likeness (QED) is 0.500. The summed E-state index contributed by atoms with van der Waals surface area (Å²) in [6.07, 6.45) is 0.931. The molecule has 1 heterocycles. The third-order valence-corrected chi connectivity index (χ3v) is 5.84. The average Bonchev–Trinajstić information content (AvgIpc) is 2.79. The van der Waals surface area contributed by atoms with E-state index < -0.39 is 0 Å². The molecule has 4 rings (SSSR count). The zero-order valence-electron chi connectivity index (χ0n) is 18.4. The predicted octanol–water partition coefficient (Wildman–Crippen LogP) is 5.80. The lowest BCUT2D eigenvalue weighted by Gasteiger charge is -2.36. The molecule has 1 aliphatic rings. The smallest absolute Gasteiger partial charge is 0.324 e. The van der Waals surface area contributed by atoms with Gasteiger partial charge in [-0.05, 0) is 66.4 Å². The van der Waals surface area contributed by atoms with Crippen LogP contribution in [0.5, 0.6) is 0 Å². The number of aryl methyl sites for hydroxylation is 1. The van der Waals surface area contributed by atoms with Crippen LogP contribution in [0.4, 0.5) is 20.6 Å². The van der Waals surface area contributed by atoms with Gasteiger partial charge in [0.15, 0.2) is 0 Å². The van der Waals surface area contributed by atoms with Gasteiger partial charge in [-0.3, -0.25) is 9.69 Å².